The van der Waals surface area contributed by atoms with E-state index in [2.05, 4.69) is 10.3 Å². The van der Waals surface area contributed by atoms with Crippen LogP contribution in [0, 0.1) is 0 Å². The number of halogens is 1. The monoisotopic (exact) mass is 329 g/mol. The number of rotatable bonds is 4. The number of anilines is 1. The summed E-state index contributed by atoms with van der Waals surface area (Å²) in [7, 11) is 1.59. The number of aryl methyl sites for hydroxylation is 1. The summed E-state index contributed by atoms with van der Waals surface area (Å²) >= 11 is 6.05. The Kier molecular flexibility index (Phi) is 4.21. The molecule has 2 aromatic heterocycles. The Hall–Kier alpha value is -2.53. The molecule has 0 aliphatic carbocycles. The number of ether oxygens (including phenoxy) is 1. The molecule has 118 valence electrons. The molecule has 1 N–H and O–H groups in total. The molecule has 6 heteroatoms. The van der Waals surface area contributed by atoms with Crippen LogP contribution in [-0.4, -0.2) is 22.4 Å². The summed E-state index contributed by atoms with van der Waals surface area (Å²) in [6.07, 6.45) is 2.35. The van der Waals surface area contributed by atoms with Crippen molar-refractivity contribution < 1.29 is 9.53 Å². The zero-order valence-electron chi connectivity index (χ0n) is 12.8. The first kappa shape index (κ1) is 15.4. The van der Waals surface area contributed by atoms with Gasteiger partial charge in [-0.2, -0.15) is 0 Å². The molecule has 23 heavy (non-hydrogen) atoms. The largest absolute Gasteiger partial charge is 0.497 e. The molecule has 3 aromatic rings. The molecule has 3 rings (SSSR count). The van der Waals surface area contributed by atoms with Crippen molar-refractivity contribution >= 4 is 28.8 Å². The van der Waals surface area contributed by atoms with Gasteiger partial charge in [0.1, 0.15) is 17.1 Å². The number of nitrogens with one attached hydrogen (secondary N) is 1. The van der Waals surface area contributed by atoms with Crippen LogP contribution in [0.1, 0.15) is 23.1 Å². The van der Waals surface area contributed by atoms with Gasteiger partial charge in [-0.05, 0) is 30.7 Å². The summed E-state index contributed by atoms with van der Waals surface area (Å²) in [5.41, 5.74) is 2.58. The van der Waals surface area contributed by atoms with E-state index < -0.39 is 0 Å². The van der Waals surface area contributed by atoms with E-state index in [0.717, 1.165) is 5.69 Å². The summed E-state index contributed by atoms with van der Waals surface area (Å²) in [5, 5.41) is 3.43. The average Bonchev–Trinajstić information content (AvgIpc) is 2.92. The number of aromatic nitrogens is 2. The van der Waals surface area contributed by atoms with Crippen LogP contribution < -0.4 is 10.1 Å². The quantitative estimate of drug-likeness (QED) is 0.791. The molecule has 0 aliphatic rings. The lowest BCUT2D eigenvalue weighted by Gasteiger charge is -2.08. The highest BCUT2D eigenvalue weighted by molar-refractivity contribution is 6.30. The normalized spacial score (nSPS) is 10.7. The van der Waals surface area contributed by atoms with Gasteiger partial charge in [-0.25, -0.2) is 4.98 Å². The van der Waals surface area contributed by atoms with E-state index in [0.29, 0.717) is 34.2 Å². The van der Waals surface area contributed by atoms with Gasteiger partial charge in [0.15, 0.2) is 0 Å². The lowest BCUT2D eigenvalue weighted by Crippen LogP contribution is -2.16. The second kappa shape index (κ2) is 6.30. The summed E-state index contributed by atoms with van der Waals surface area (Å²) in [5.74, 6) is 0.449. The van der Waals surface area contributed by atoms with Crippen LogP contribution in [0.3, 0.4) is 0 Å². The molecule has 2 heterocycles. The van der Waals surface area contributed by atoms with Crippen LogP contribution in [-0.2, 0) is 6.42 Å². The Balaban J connectivity index is 2.01. The van der Waals surface area contributed by atoms with Crippen molar-refractivity contribution in [3.63, 3.8) is 0 Å². The molecule has 0 fully saturated rings. The summed E-state index contributed by atoms with van der Waals surface area (Å²) in [6.45, 7) is 1.96. The van der Waals surface area contributed by atoms with Crippen LogP contribution in [0.4, 0.5) is 5.69 Å². The van der Waals surface area contributed by atoms with Gasteiger partial charge in [-0.15, -0.1) is 0 Å². The number of benzene rings is 1. The van der Waals surface area contributed by atoms with Gasteiger partial charge in [0.25, 0.3) is 5.91 Å². The van der Waals surface area contributed by atoms with Crippen molar-refractivity contribution in [1.29, 1.82) is 0 Å². The second-order valence-corrected chi connectivity index (χ2v) is 5.46. The minimum atomic E-state index is -0.232. The Bertz CT molecular complexity index is 873. The van der Waals surface area contributed by atoms with Crippen LogP contribution in [0.25, 0.3) is 5.65 Å². The molecular formula is C17H16ClN3O2. The highest BCUT2D eigenvalue weighted by Crippen LogP contribution is 2.21. The maximum Gasteiger partial charge on any atom is 0.274 e. The molecule has 0 spiro atoms. The molecule has 1 aromatic carbocycles. The highest BCUT2D eigenvalue weighted by Gasteiger charge is 2.18. The third kappa shape index (κ3) is 3.00. The minimum absolute atomic E-state index is 0.232. The molecule has 0 atom stereocenters. The molecule has 0 aliphatic heterocycles. The first-order chi connectivity index (χ1) is 11.1. The third-order valence-electron chi connectivity index (χ3n) is 3.53. The number of carbonyl (C=O) groups is 1. The van der Waals surface area contributed by atoms with Gasteiger partial charge in [-0.3, -0.25) is 9.20 Å². The van der Waals surface area contributed by atoms with Gasteiger partial charge in [0.2, 0.25) is 0 Å². The second-order valence-electron chi connectivity index (χ2n) is 5.02. The zero-order valence-corrected chi connectivity index (χ0v) is 13.6. The van der Waals surface area contributed by atoms with E-state index >= 15 is 0 Å². The van der Waals surface area contributed by atoms with Crippen molar-refractivity contribution in [2.45, 2.75) is 13.3 Å². The minimum Gasteiger partial charge on any atom is -0.497 e. The number of carbonyl (C=O) groups excluding carboxylic acids is 1. The number of hydrogen-bond donors (Lipinski definition) is 1. The van der Waals surface area contributed by atoms with Crippen molar-refractivity contribution in [3.8, 4) is 5.75 Å². The number of pyridine rings is 1. The molecule has 5 nitrogen and oxygen atoms in total. The van der Waals surface area contributed by atoms with E-state index in [4.69, 9.17) is 16.3 Å². The van der Waals surface area contributed by atoms with E-state index in [9.17, 15) is 4.79 Å². The van der Waals surface area contributed by atoms with Crippen molar-refractivity contribution in [3.05, 3.63) is 59.0 Å². The SMILES string of the molecule is CCc1nc2ccc(Cl)cn2c1C(=O)Nc1cccc(OC)c1. The molecule has 0 radical (unpaired) electrons. The van der Waals surface area contributed by atoms with Gasteiger partial charge in [-0.1, -0.05) is 24.6 Å². The maximum atomic E-state index is 12.7. The van der Waals surface area contributed by atoms with Crippen molar-refractivity contribution in [1.82, 2.24) is 9.38 Å². The lowest BCUT2D eigenvalue weighted by atomic mass is 10.2. The predicted octanol–water partition coefficient (Wildman–Crippen LogP) is 3.81. The first-order valence-corrected chi connectivity index (χ1v) is 7.62. The number of nitrogens with zero attached hydrogens (tertiary/aromatic N) is 2. The number of methoxy groups -OCH3 is 1. The number of amides is 1. The smallest absolute Gasteiger partial charge is 0.274 e. The summed E-state index contributed by atoms with van der Waals surface area (Å²) < 4.78 is 6.89. The van der Waals surface area contributed by atoms with Gasteiger partial charge in [0, 0.05) is 18.0 Å². The Morgan fingerprint density at radius 2 is 2.17 bits per heavy atom. The number of hydrogen-bond acceptors (Lipinski definition) is 3. The van der Waals surface area contributed by atoms with Crippen molar-refractivity contribution in [2.75, 3.05) is 12.4 Å². The van der Waals surface area contributed by atoms with E-state index in [1.165, 1.54) is 0 Å². The van der Waals surface area contributed by atoms with Crippen LogP contribution >= 0.6 is 11.6 Å². The molecule has 0 unspecified atom stereocenters. The first-order valence-electron chi connectivity index (χ1n) is 7.24. The topological polar surface area (TPSA) is 55.6 Å². The van der Waals surface area contributed by atoms with Crippen molar-refractivity contribution in [2.24, 2.45) is 0 Å². The Labute approximate surface area is 138 Å². The van der Waals surface area contributed by atoms with Gasteiger partial charge >= 0.3 is 0 Å². The standard InChI is InChI=1S/C17H16ClN3O2/c1-3-14-16(21-10-11(18)7-8-15(21)20-14)17(22)19-12-5-4-6-13(9-12)23-2/h4-10H,3H2,1-2H3,(H,19,22). The lowest BCUT2D eigenvalue weighted by molar-refractivity contribution is 0.102. The van der Waals surface area contributed by atoms with Crippen LogP contribution in [0.2, 0.25) is 5.02 Å². The van der Waals surface area contributed by atoms with E-state index in [1.807, 2.05) is 25.1 Å². The highest BCUT2D eigenvalue weighted by atomic mass is 35.5. The molecule has 1 amide bonds. The molecular weight excluding hydrogens is 314 g/mol. The molecule has 0 saturated heterocycles. The fourth-order valence-electron chi connectivity index (χ4n) is 2.45. The Morgan fingerprint density at radius 3 is 2.91 bits per heavy atom. The van der Waals surface area contributed by atoms with Crippen LogP contribution in [0.5, 0.6) is 5.75 Å². The van der Waals surface area contributed by atoms with Crippen LogP contribution in [0.15, 0.2) is 42.6 Å². The summed E-state index contributed by atoms with van der Waals surface area (Å²) in [6, 6.07) is 10.8. The molecule has 0 saturated carbocycles. The number of fused-ring (bicyclic) bond motifs is 1. The fourth-order valence-corrected chi connectivity index (χ4v) is 2.61. The third-order valence-corrected chi connectivity index (χ3v) is 3.76. The Morgan fingerprint density at radius 1 is 1.35 bits per heavy atom. The molecule has 0 bridgehead atoms. The van der Waals surface area contributed by atoms with Gasteiger partial charge in [0.05, 0.1) is 17.8 Å². The van der Waals surface area contributed by atoms with E-state index in [1.54, 1.807) is 35.9 Å². The summed E-state index contributed by atoms with van der Waals surface area (Å²) in [4.78, 5) is 17.2. The number of imidazole rings is 1. The average molecular weight is 330 g/mol. The van der Waals surface area contributed by atoms with Gasteiger partial charge < -0.3 is 10.1 Å². The maximum absolute atomic E-state index is 12.7. The van der Waals surface area contributed by atoms with E-state index in [-0.39, 0.29) is 5.91 Å². The fraction of sp³-hybridized carbons (Fsp3) is 0.176. The zero-order chi connectivity index (χ0) is 16.4. The predicted molar refractivity (Wildman–Crippen MR) is 90.5 cm³/mol.